The maximum Gasteiger partial charge on any atom is 0.0688 e. The zero-order valence-electron chi connectivity index (χ0n) is 9.00. The quantitative estimate of drug-likeness (QED) is 0.792. The lowest BCUT2D eigenvalue weighted by Crippen LogP contribution is -2.12. The molecule has 1 aromatic rings. The molecule has 3 rings (SSSR count). The first-order valence-corrected chi connectivity index (χ1v) is 6.08. The molecule has 3 heteroatoms. The van der Waals surface area contributed by atoms with Gasteiger partial charge in [0.2, 0.25) is 0 Å². The van der Waals surface area contributed by atoms with Crippen molar-refractivity contribution in [1.82, 2.24) is 10.2 Å². The zero-order valence-corrected chi connectivity index (χ0v) is 9.00. The summed E-state index contributed by atoms with van der Waals surface area (Å²) in [6, 6.07) is 0. The summed E-state index contributed by atoms with van der Waals surface area (Å²) in [5.74, 6) is 1.39. The number of aliphatic hydroxyl groups is 1. The molecular formula is C12H18N2O. The maximum atomic E-state index is 9.12. The summed E-state index contributed by atoms with van der Waals surface area (Å²) < 4.78 is 0. The van der Waals surface area contributed by atoms with Gasteiger partial charge in [-0.1, -0.05) is 6.42 Å². The molecule has 0 aromatic carbocycles. The fourth-order valence-corrected chi connectivity index (χ4v) is 2.50. The Bertz CT molecular complexity index is 351. The molecule has 2 fully saturated rings. The molecule has 1 heterocycles. The van der Waals surface area contributed by atoms with Crippen molar-refractivity contribution in [3.8, 4) is 0 Å². The minimum absolute atomic E-state index is 0.249. The molecule has 2 N–H and O–H groups in total. The lowest BCUT2D eigenvalue weighted by Gasteiger charge is -2.24. The summed E-state index contributed by atoms with van der Waals surface area (Å²) in [6.45, 7) is 0.249. The van der Waals surface area contributed by atoms with E-state index in [9.17, 15) is 0 Å². The van der Waals surface area contributed by atoms with Gasteiger partial charge in [0.15, 0.2) is 0 Å². The molecule has 0 amide bonds. The highest BCUT2D eigenvalue weighted by molar-refractivity contribution is 5.33. The molecule has 0 atom stereocenters. The number of nitrogens with zero attached hydrogens (tertiary/aromatic N) is 1. The highest BCUT2D eigenvalue weighted by Gasteiger charge is 2.32. The van der Waals surface area contributed by atoms with Crippen molar-refractivity contribution in [2.45, 2.75) is 50.4 Å². The van der Waals surface area contributed by atoms with E-state index < -0.39 is 0 Å². The summed E-state index contributed by atoms with van der Waals surface area (Å²) in [4.78, 5) is 0. The first-order valence-electron chi connectivity index (χ1n) is 6.08. The van der Waals surface area contributed by atoms with Crippen molar-refractivity contribution in [3.63, 3.8) is 0 Å². The molecule has 3 nitrogen and oxygen atoms in total. The van der Waals surface area contributed by atoms with Gasteiger partial charge in [0, 0.05) is 24.1 Å². The fraction of sp³-hybridized carbons (Fsp3) is 0.750. The van der Waals surface area contributed by atoms with Crippen LogP contribution in [0.15, 0.2) is 0 Å². The molecule has 2 aliphatic rings. The van der Waals surface area contributed by atoms with Crippen molar-refractivity contribution in [1.29, 1.82) is 0 Å². The van der Waals surface area contributed by atoms with E-state index in [2.05, 4.69) is 10.2 Å². The van der Waals surface area contributed by atoms with Crippen molar-refractivity contribution in [2.24, 2.45) is 0 Å². The summed E-state index contributed by atoms with van der Waals surface area (Å²) in [7, 11) is 0. The molecule has 0 spiro atoms. The van der Waals surface area contributed by atoms with Crippen LogP contribution in [0.4, 0.5) is 0 Å². The molecule has 0 aliphatic heterocycles. The van der Waals surface area contributed by atoms with Gasteiger partial charge in [-0.05, 0) is 37.7 Å². The number of rotatable bonds is 4. The van der Waals surface area contributed by atoms with Crippen molar-refractivity contribution < 1.29 is 5.11 Å². The number of aliphatic hydroxyl groups excluding tert-OH is 1. The molecule has 0 unspecified atom stereocenters. The van der Waals surface area contributed by atoms with E-state index in [1.165, 1.54) is 49.1 Å². The number of hydrogen-bond acceptors (Lipinski definition) is 2. The number of aromatic nitrogens is 2. The van der Waals surface area contributed by atoms with Crippen LogP contribution in [0.5, 0.6) is 0 Å². The summed E-state index contributed by atoms with van der Waals surface area (Å²) in [5.41, 5.74) is 3.92. The largest absolute Gasteiger partial charge is 0.396 e. The fourth-order valence-electron chi connectivity index (χ4n) is 2.50. The zero-order chi connectivity index (χ0) is 10.3. The number of aromatic amines is 1. The second kappa shape index (κ2) is 3.63. The molecule has 1 aromatic heterocycles. The van der Waals surface area contributed by atoms with Crippen LogP contribution < -0.4 is 0 Å². The molecule has 2 aliphatic carbocycles. The molecule has 0 radical (unpaired) electrons. The van der Waals surface area contributed by atoms with Gasteiger partial charge in [-0.3, -0.25) is 5.10 Å². The van der Waals surface area contributed by atoms with E-state index in [-0.39, 0.29) is 6.61 Å². The second-order valence-corrected chi connectivity index (χ2v) is 4.88. The van der Waals surface area contributed by atoms with Crippen LogP contribution in [-0.4, -0.2) is 21.9 Å². The SMILES string of the molecule is OCCc1c(C2CCC2)n[nH]c1C1CC1. The first kappa shape index (κ1) is 9.40. The number of H-pyrrole nitrogens is 1. The van der Waals surface area contributed by atoms with E-state index >= 15 is 0 Å². The van der Waals surface area contributed by atoms with E-state index in [1.807, 2.05) is 0 Å². The highest BCUT2D eigenvalue weighted by Crippen LogP contribution is 2.44. The van der Waals surface area contributed by atoms with Crippen LogP contribution in [0.1, 0.15) is 60.9 Å². The van der Waals surface area contributed by atoms with Gasteiger partial charge in [-0.15, -0.1) is 0 Å². The van der Waals surface area contributed by atoms with E-state index in [0.717, 1.165) is 6.42 Å². The Labute approximate surface area is 89.9 Å². The van der Waals surface area contributed by atoms with Gasteiger partial charge in [0.1, 0.15) is 0 Å². The van der Waals surface area contributed by atoms with Crippen LogP contribution in [0.25, 0.3) is 0 Å². The average molecular weight is 206 g/mol. The summed E-state index contributed by atoms with van der Waals surface area (Å²) >= 11 is 0. The Kier molecular flexibility index (Phi) is 2.28. The van der Waals surface area contributed by atoms with Gasteiger partial charge in [0.25, 0.3) is 0 Å². The summed E-state index contributed by atoms with van der Waals surface area (Å²) in [5, 5.41) is 16.8. The minimum Gasteiger partial charge on any atom is -0.396 e. The third-order valence-corrected chi connectivity index (χ3v) is 3.77. The summed E-state index contributed by atoms with van der Waals surface area (Å²) in [6.07, 6.45) is 7.29. The number of nitrogens with one attached hydrogen (secondary N) is 1. The Morgan fingerprint density at radius 3 is 2.53 bits per heavy atom. The Morgan fingerprint density at radius 2 is 2.00 bits per heavy atom. The first-order chi connectivity index (χ1) is 7.40. The second-order valence-electron chi connectivity index (χ2n) is 4.88. The van der Waals surface area contributed by atoms with Crippen molar-refractivity contribution in [3.05, 3.63) is 17.0 Å². The standard InChI is InChI=1S/C12H18N2O/c15-7-6-10-11(8-2-1-3-8)13-14-12(10)9-4-5-9/h8-9,15H,1-7H2,(H,13,14). The average Bonchev–Trinajstić information content (AvgIpc) is 2.91. The Hall–Kier alpha value is -0.830. The third kappa shape index (κ3) is 1.59. The van der Waals surface area contributed by atoms with E-state index in [4.69, 9.17) is 5.11 Å². The van der Waals surface area contributed by atoms with Gasteiger partial charge in [-0.25, -0.2) is 0 Å². The monoisotopic (exact) mass is 206 g/mol. The highest BCUT2D eigenvalue weighted by atomic mass is 16.2. The van der Waals surface area contributed by atoms with E-state index in [0.29, 0.717) is 11.8 Å². The molecule has 15 heavy (non-hydrogen) atoms. The lowest BCUT2D eigenvalue weighted by molar-refractivity contribution is 0.297. The molecular weight excluding hydrogens is 188 g/mol. The predicted octanol–water partition coefficient (Wildman–Crippen LogP) is 2.09. The van der Waals surface area contributed by atoms with Gasteiger partial charge >= 0.3 is 0 Å². The lowest BCUT2D eigenvalue weighted by atomic mass is 9.80. The molecule has 0 bridgehead atoms. The van der Waals surface area contributed by atoms with Crippen LogP contribution in [0, 0.1) is 0 Å². The molecule has 82 valence electrons. The van der Waals surface area contributed by atoms with Crippen LogP contribution in [-0.2, 0) is 6.42 Å². The van der Waals surface area contributed by atoms with Crippen molar-refractivity contribution >= 4 is 0 Å². The van der Waals surface area contributed by atoms with Crippen LogP contribution in [0.3, 0.4) is 0 Å². The third-order valence-electron chi connectivity index (χ3n) is 3.77. The number of hydrogen-bond donors (Lipinski definition) is 2. The van der Waals surface area contributed by atoms with Gasteiger partial charge in [0.05, 0.1) is 5.69 Å². The molecule has 0 saturated heterocycles. The van der Waals surface area contributed by atoms with Crippen LogP contribution in [0.2, 0.25) is 0 Å². The van der Waals surface area contributed by atoms with E-state index in [1.54, 1.807) is 0 Å². The minimum atomic E-state index is 0.249. The topological polar surface area (TPSA) is 48.9 Å². The van der Waals surface area contributed by atoms with Crippen molar-refractivity contribution in [2.75, 3.05) is 6.61 Å². The van der Waals surface area contributed by atoms with Gasteiger partial charge in [-0.2, -0.15) is 5.10 Å². The Balaban J connectivity index is 1.90. The maximum absolute atomic E-state index is 9.12. The van der Waals surface area contributed by atoms with Gasteiger partial charge < -0.3 is 5.11 Å². The predicted molar refractivity (Wildman–Crippen MR) is 57.9 cm³/mol. The van der Waals surface area contributed by atoms with Crippen LogP contribution >= 0.6 is 0 Å². The normalized spacial score (nSPS) is 21.7. The Morgan fingerprint density at radius 1 is 1.20 bits per heavy atom. The smallest absolute Gasteiger partial charge is 0.0688 e. The molecule has 2 saturated carbocycles.